The average Bonchev–Trinajstić information content (AvgIpc) is 3.05. The second-order valence-corrected chi connectivity index (χ2v) is 8.28. The van der Waals surface area contributed by atoms with Crippen LogP contribution in [0.1, 0.15) is 49.7 Å². The van der Waals surface area contributed by atoms with Crippen molar-refractivity contribution in [1.82, 2.24) is 24.4 Å². The molecule has 1 aliphatic carbocycles. The van der Waals surface area contributed by atoms with Crippen LogP contribution < -0.4 is 4.72 Å². The normalized spacial score (nSPS) is 20.4. The van der Waals surface area contributed by atoms with E-state index in [1.807, 2.05) is 11.6 Å². The minimum absolute atomic E-state index is 0.153. The zero-order chi connectivity index (χ0) is 15.6. The van der Waals surface area contributed by atoms with Gasteiger partial charge in [-0.15, -0.1) is 10.2 Å². The Balaban J connectivity index is 1.51. The smallest absolute Gasteiger partial charge is 0.213 e. The van der Waals surface area contributed by atoms with Crippen molar-refractivity contribution in [3.8, 4) is 0 Å². The van der Waals surface area contributed by atoms with Crippen molar-refractivity contribution < 1.29 is 8.42 Å². The molecule has 22 heavy (non-hydrogen) atoms. The van der Waals surface area contributed by atoms with Crippen molar-refractivity contribution in [3.63, 3.8) is 0 Å². The van der Waals surface area contributed by atoms with Crippen LogP contribution in [0.3, 0.4) is 0 Å². The Morgan fingerprint density at radius 1 is 1.18 bits per heavy atom. The fraction of sp³-hybridized carbons (Fsp3) is 0.857. The quantitative estimate of drug-likeness (QED) is 0.793. The lowest BCUT2D eigenvalue weighted by atomic mass is 9.85. The maximum Gasteiger partial charge on any atom is 0.213 e. The molecule has 1 saturated carbocycles. The fourth-order valence-electron chi connectivity index (χ4n) is 3.05. The Labute approximate surface area is 132 Å². The number of sulfonamides is 1. The summed E-state index contributed by atoms with van der Waals surface area (Å²) < 4.78 is 28.8. The Bertz CT molecular complexity index is 603. The molecule has 0 aromatic carbocycles. The van der Waals surface area contributed by atoms with Gasteiger partial charge in [0, 0.05) is 19.5 Å². The van der Waals surface area contributed by atoms with Gasteiger partial charge in [-0.1, -0.05) is 6.42 Å². The summed E-state index contributed by atoms with van der Waals surface area (Å²) in [6.45, 7) is 2.87. The van der Waals surface area contributed by atoms with Crippen molar-refractivity contribution in [2.75, 3.05) is 25.4 Å². The molecule has 2 aliphatic rings. The molecule has 8 heteroatoms. The van der Waals surface area contributed by atoms with Crippen molar-refractivity contribution in [2.24, 2.45) is 7.05 Å². The van der Waals surface area contributed by atoms with Crippen LogP contribution in [-0.2, 0) is 23.6 Å². The molecule has 0 bridgehead atoms. The first-order valence-electron chi connectivity index (χ1n) is 8.13. The van der Waals surface area contributed by atoms with E-state index in [1.165, 1.54) is 19.3 Å². The minimum Gasteiger partial charge on any atom is -0.317 e. The highest BCUT2D eigenvalue weighted by molar-refractivity contribution is 7.89. The van der Waals surface area contributed by atoms with E-state index in [1.54, 1.807) is 0 Å². The van der Waals surface area contributed by atoms with Gasteiger partial charge >= 0.3 is 0 Å². The zero-order valence-corrected chi connectivity index (χ0v) is 14.0. The van der Waals surface area contributed by atoms with Gasteiger partial charge in [-0.3, -0.25) is 0 Å². The van der Waals surface area contributed by atoms with Gasteiger partial charge in [-0.25, -0.2) is 13.1 Å². The first-order valence-corrected chi connectivity index (χ1v) is 9.78. The van der Waals surface area contributed by atoms with Gasteiger partial charge in [0.1, 0.15) is 11.6 Å². The van der Waals surface area contributed by atoms with Crippen LogP contribution in [-0.4, -0.2) is 53.5 Å². The number of hydrogen-bond donors (Lipinski definition) is 1. The van der Waals surface area contributed by atoms with Gasteiger partial charge in [0.25, 0.3) is 0 Å². The number of nitrogens with zero attached hydrogens (tertiary/aromatic N) is 4. The van der Waals surface area contributed by atoms with Crippen molar-refractivity contribution in [1.29, 1.82) is 0 Å². The van der Waals surface area contributed by atoms with Gasteiger partial charge in [0.2, 0.25) is 10.0 Å². The van der Waals surface area contributed by atoms with E-state index in [-0.39, 0.29) is 12.3 Å². The molecule has 0 amide bonds. The summed E-state index contributed by atoms with van der Waals surface area (Å²) in [7, 11) is -1.34. The maximum atomic E-state index is 12.1. The van der Waals surface area contributed by atoms with Crippen LogP contribution in [0.25, 0.3) is 0 Å². The van der Waals surface area contributed by atoms with E-state index in [4.69, 9.17) is 0 Å². The van der Waals surface area contributed by atoms with Crippen LogP contribution in [0.15, 0.2) is 0 Å². The lowest BCUT2D eigenvalue weighted by Crippen LogP contribution is -2.33. The third kappa shape index (κ3) is 3.67. The molecule has 2 fully saturated rings. The van der Waals surface area contributed by atoms with Crippen LogP contribution in [0, 0.1) is 0 Å². The van der Waals surface area contributed by atoms with Crippen LogP contribution in [0.4, 0.5) is 0 Å². The van der Waals surface area contributed by atoms with Crippen molar-refractivity contribution in [2.45, 2.75) is 44.6 Å². The summed E-state index contributed by atoms with van der Waals surface area (Å²) in [5, 5.41) is 8.35. The molecule has 0 atom stereocenters. The number of aromatic nitrogens is 3. The molecule has 1 aromatic heterocycles. The van der Waals surface area contributed by atoms with E-state index in [0.717, 1.165) is 31.8 Å². The molecule has 2 heterocycles. The first-order chi connectivity index (χ1) is 10.6. The maximum absolute atomic E-state index is 12.1. The molecule has 1 aromatic rings. The van der Waals surface area contributed by atoms with Crippen molar-refractivity contribution in [3.05, 3.63) is 11.6 Å². The largest absolute Gasteiger partial charge is 0.317 e. The molecular formula is C14H25N5O2S. The monoisotopic (exact) mass is 327 g/mol. The standard InChI is InChI=1S/C14H25N5O2S/c1-18-13(16-17-14(18)12-5-4-6-12)11-15-22(20,21)10-9-19-7-2-3-8-19/h12,15H,2-11H2,1H3. The summed E-state index contributed by atoms with van der Waals surface area (Å²) in [6.07, 6.45) is 5.92. The summed E-state index contributed by atoms with van der Waals surface area (Å²) in [4.78, 5) is 2.20. The molecule has 7 nitrogen and oxygen atoms in total. The lowest BCUT2D eigenvalue weighted by Gasteiger charge is -2.24. The van der Waals surface area contributed by atoms with E-state index in [0.29, 0.717) is 18.3 Å². The molecule has 124 valence electrons. The number of rotatable bonds is 7. The van der Waals surface area contributed by atoms with Gasteiger partial charge < -0.3 is 9.47 Å². The van der Waals surface area contributed by atoms with E-state index < -0.39 is 10.0 Å². The fourth-order valence-corrected chi connectivity index (χ4v) is 4.05. The number of hydrogen-bond acceptors (Lipinski definition) is 5. The van der Waals surface area contributed by atoms with Gasteiger partial charge in [0.05, 0.1) is 12.3 Å². The molecule has 0 unspecified atom stereocenters. The van der Waals surface area contributed by atoms with Crippen LogP contribution in [0.2, 0.25) is 0 Å². The van der Waals surface area contributed by atoms with Crippen molar-refractivity contribution >= 4 is 10.0 Å². The Morgan fingerprint density at radius 2 is 1.91 bits per heavy atom. The predicted octanol–water partition coefficient (Wildman–Crippen LogP) is 0.598. The molecule has 1 N–H and O–H groups in total. The Kier molecular flexibility index (Phi) is 4.79. The molecule has 0 radical (unpaired) electrons. The first kappa shape index (κ1) is 15.9. The Morgan fingerprint density at radius 3 is 2.55 bits per heavy atom. The summed E-state index contributed by atoms with van der Waals surface area (Å²) in [5.74, 6) is 2.32. The molecule has 3 rings (SSSR count). The van der Waals surface area contributed by atoms with Gasteiger partial charge in [-0.2, -0.15) is 0 Å². The van der Waals surface area contributed by atoms with E-state index in [2.05, 4.69) is 19.8 Å². The van der Waals surface area contributed by atoms with E-state index in [9.17, 15) is 8.42 Å². The molecule has 1 aliphatic heterocycles. The molecule has 1 saturated heterocycles. The topological polar surface area (TPSA) is 80.1 Å². The molecule has 0 spiro atoms. The van der Waals surface area contributed by atoms with Crippen LogP contribution >= 0.6 is 0 Å². The highest BCUT2D eigenvalue weighted by Gasteiger charge is 2.25. The highest BCUT2D eigenvalue weighted by atomic mass is 32.2. The summed E-state index contributed by atoms with van der Waals surface area (Å²) in [6, 6.07) is 0. The van der Waals surface area contributed by atoms with Crippen LogP contribution in [0.5, 0.6) is 0 Å². The third-order valence-electron chi connectivity index (χ3n) is 4.79. The predicted molar refractivity (Wildman–Crippen MR) is 83.9 cm³/mol. The SMILES string of the molecule is Cn1c(CNS(=O)(=O)CCN2CCCC2)nnc1C1CCC1. The zero-order valence-electron chi connectivity index (χ0n) is 13.2. The Hall–Kier alpha value is -0.990. The molecular weight excluding hydrogens is 302 g/mol. The number of likely N-dealkylation sites (tertiary alicyclic amines) is 1. The number of nitrogens with one attached hydrogen (secondary N) is 1. The minimum atomic E-state index is -3.26. The summed E-state index contributed by atoms with van der Waals surface area (Å²) in [5.41, 5.74) is 0. The van der Waals surface area contributed by atoms with Gasteiger partial charge in [-0.05, 0) is 38.8 Å². The summed E-state index contributed by atoms with van der Waals surface area (Å²) >= 11 is 0. The highest BCUT2D eigenvalue weighted by Crippen LogP contribution is 2.35. The van der Waals surface area contributed by atoms with E-state index >= 15 is 0 Å². The average molecular weight is 327 g/mol. The van der Waals surface area contributed by atoms with Gasteiger partial charge in [0.15, 0.2) is 0 Å². The lowest BCUT2D eigenvalue weighted by molar-refractivity contribution is 0.358. The second-order valence-electron chi connectivity index (χ2n) is 6.35. The second kappa shape index (κ2) is 6.64. The third-order valence-corrected chi connectivity index (χ3v) is 6.10.